The average molecular weight is 194 g/mol. The molecule has 4 nitrogen and oxygen atoms in total. The lowest BCUT2D eigenvalue weighted by Crippen LogP contribution is -2.13. The van der Waals surface area contributed by atoms with Gasteiger partial charge in [-0.15, -0.1) is 0 Å². The summed E-state index contributed by atoms with van der Waals surface area (Å²) in [5.74, 6) is -2.91. The highest BCUT2D eigenvalue weighted by molar-refractivity contribution is 6.40. The van der Waals surface area contributed by atoms with Gasteiger partial charge in [0.1, 0.15) is 5.75 Å². The summed E-state index contributed by atoms with van der Waals surface area (Å²) in [7, 11) is 0. The van der Waals surface area contributed by atoms with Gasteiger partial charge >= 0.3 is 5.97 Å². The number of aryl methyl sites for hydroxylation is 1. The van der Waals surface area contributed by atoms with Gasteiger partial charge in [-0.1, -0.05) is 6.07 Å². The second kappa shape index (κ2) is 3.49. The molecule has 0 fully saturated rings. The topological polar surface area (TPSA) is 74.6 Å². The molecule has 0 saturated carbocycles. The molecule has 1 aromatic carbocycles. The molecule has 0 aliphatic carbocycles. The maximum atomic E-state index is 11.1. The Morgan fingerprint density at radius 1 is 1.21 bits per heavy atom. The van der Waals surface area contributed by atoms with Crippen LogP contribution in [0, 0.1) is 13.8 Å². The first-order valence-electron chi connectivity index (χ1n) is 4.02. The van der Waals surface area contributed by atoms with Crippen molar-refractivity contribution in [3.8, 4) is 5.75 Å². The van der Waals surface area contributed by atoms with E-state index in [2.05, 4.69) is 0 Å². The highest BCUT2D eigenvalue weighted by Crippen LogP contribution is 2.25. The highest BCUT2D eigenvalue weighted by atomic mass is 16.4. The number of benzene rings is 1. The largest absolute Gasteiger partial charge is 0.507 e. The molecule has 0 atom stereocenters. The number of hydrogen-bond acceptors (Lipinski definition) is 3. The number of ketones is 1. The Bertz CT molecular complexity index is 407. The van der Waals surface area contributed by atoms with Crippen LogP contribution in [0.3, 0.4) is 0 Å². The number of phenolic OH excluding ortho intramolecular Hbond substituents is 1. The third-order valence-corrected chi connectivity index (χ3v) is 2.14. The SMILES string of the molecule is Cc1ccc(C(=O)C(=O)O)c(O)c1C. The molecule has 4 heteroatoms. The second-order valence-electron chi connectivity index (χ2n) is 3.04. The fourth-order valence-electron chi connectivity index (χ4n) is 1.10. The maximum Gasteiger partial charge on any atom is 0.377 e. The minimum absolute atomic E-state index is 0.166. The molecule has 0 spiro atoms. The van der Waals surface area contributed by atoms with Crippen LogP contribution in [-0.2, 0) is 4.79 Å². The molecule has 1 rings (SSSR count). The standard InChI is InChI=1S/C10H10O4/c1-5-3-4-7(8(11)6(5)2)9(12)10(13)14/h3-4,11H,1-2H3,(H,13,14). The van der Waals surface area contributed by atoms with Crippen molar-refractivity contribution in [1.82, 2.24) is 0 Å². The second-order valence-corrected chi connectivity index (χ2v) is 3.04. The number of carboxylic acid groups (broad SMARTS) is 1. The number of aromatic hydroxyl groups is 1. The van der Waals surface area contributed by atoms with Crippen molar-refractivity contribution >= 4 is 11.8 Å². The van der Waals surface area contributed by atoms with Gasteiger partial charge < -0.3 is 10.2 Å². The van der Waals surface area contributed by atoms with Crippen LogP contribution < -0.4 is 0 Å². The van der Waals surface area contributed by atoms with E-state index < -0.39 is 11.8 Å². The lowest BCUT2D eigenvalue weighted by atomic mass is 10.0. The molecular weight excluding hydrogens is 184 g/mol. The predicted octanol–water partition coefficient (Wildman–Crippen LogP) is 1.28. The Morgan fingerprint density at radius 2 is 1.79 bits per heavy atom. The van der Waals surface area contributed by atoms with Crippen LogP contribution in [0.2, 0.25) is 0 Å². The van der Waals surface area contributed by atoms with Gasteiger partial charge in [-0.25, -0.2) is 4.79 Å². The molecule has 0 aliphatic heterocycles. The van der Waals surface area contributed by atoms with Crippen LogP contribution in [0.5, 0.6) is 5.75 Å². The van der Waals surface area contributed by atoms with Crippen LogP contribution >= 0.6 is 0 Å². The molecule has 0 aliphatic rings. The van der Waals surface area contributed by atoms with Gasteiger partial charge in [0.2, 0.25) is 0 Å². The minimum Gasteiger partial charge on any atom is -0.507 e. The molecule has 0 unspecified atom stereocenters. The van der Waals surface area contributed by atoms with Crippen molar-refractivity contribution in [2.24, 2.45) is 0 Å². The van der Waals surface area contributed by atoms with Gasteiger partial charge in [-0.2, -0.15) is 0 Å². The van der Waals surface area contributed by atoms with Crippen molar-refractivity contribution in [3.63, 3.8) is 0 Å². The molecule has 0 saturated heterocycles. The first-order chi connectivity index (χ1) is 6.45. The van der Waals surface area contributed by atoms with E-state index >= 15 is 0 Å². The lowest BCUT2D eigenvalue weighted by molar-refractivity contribution is -0.131. The maximum absolute atomic E-state index is 11.1. The van der Waals surface area contributed by atoms with Gasteiger partial charge in [0, 0.05) is 0 Å². The van der Waals surface area contributed by atoms with E-state index in [0.717, 1.165) is 5.56 Å². The summed E-state index contributed by atoms with van der Waals surface area (Å²) in [5.41, 5.74) is 1.17. The van der Waals surface area contributed by atoms with Gasteiger partial charge in [0.15, 0.2) is 0 Å². The molecule has 0 bridgehead atoms. The Hall–Kier alpha value is -1.84. The normalized spacial score (nSPS) is 9.86. The number of carbonyl (C=O) groups is 2. The molecule has 0 aromatic heterocycles. The number of hydrogen-bond donors (Lipinski definition) is 2. The first kappa shape index (κ1) is 10.2. The highest BCUT2D eigenvalue weighted by Gasteiger charge is 2.19. The quantitative estimate of drug-likeness (QED) is 0.549. The van der Waals surface area contributed by atoms with Crippen molar-refractivity contribution in [2.75, 3.05) is 0 Å². The Morgan fingerprint density at radius 3 is 2.29 bits per heavy atom. The van der Waals surface area contributed by atoms with Crippen LogP contribution in [0.4, 0.5) is 0 Å². The van der Waals surface area contributed by atoms with Gasteiger partial charge in [-0.3, -0.25) is 4.79 Å². The number of rotatable bonds is 2. The molecule has 1 aromatic rings. The fraction of sp³-hybridized carbons (Fsp3) is 0.200. The molecule has 74 valence electrons. The summed E-state index contributed by atoms with van der Waals surface area (Å²) >= 11 is 0. The first-order valence-corrected chi connectivity index (χ1v) is 4.02. The predicted molar refractivity (Wildman–Crippen MR) is 49.5 cm³/mol. The third-order valence-electron chi connectivity index (χ3n) is 2.14. The number of aliphatic carboxylic acids is 1. The van der Waals surface area contributed by atoms with Crippen molar-refractivity contribution in [1.29, 1.82) is 0 Å². The molecule has 0 radical (unpaired) electrons. The Balaban J connectivity index is 3.31. The molecule has 14 heavy (non-hydrogen) atoms. The van der Waals surface area contributed by atoms with Crippen LogP contribution in [0.1, 0.15) is 21.5 Å². The summed E-state index contributed by atoms with van der Waals surface area (Å²) in [6, 6.07) is 2.92. The zero-order valence-electron chi connectivity index (χ0n) is 7.87. The summed E-state index contributed by atoms with van der Waals surface area (Å²) < 4.78 is 0. The van der Waals surface area contributed by atoms with Crippen LogP contribution in [-0.4, -0.2) is 22.0 Å². The molecule has 2 N–H and O–H groups in total. The van der Waals surface area contributed by atoms with Gasteiger partial charge in [0.05, 0.1) is 5.56 Å². The summed E-state index contributed by atoms with van der Waals surface area (Å²) in [4.78, 5) is 21.5. The van der Waals surface area contributed by atoms with E-state index in [1.165, 1.54) is 6.07 Å². The summed E-state index contributed by atoms with van der Waals surface area (Å²) in [6.45, 7) is 3.40. The van der Waals surface area contributed by atoms with E-state index in [0.29, 0.717) is 5.56 Å². The minimum atomic E-state index is -1.57. The molecule has 0 heterocycles. The molecule has 0 amide bonds. The number of phenols is 1. The Kier molecular flexibility index (Phi) is 2.56. The van der Waals surface area contributed by atoms with E-state index in [4.69, 9.17) is 5.11 Å². The summed E-state index contributed by atoms with van der Waals surface area (Å²) in [5, 5.41) is 18.0. The number of carboxylic acids is 1. The Labute approximate surface area is 80.8 Å². The van der Waals surface area contributed by atoms with Crippen molar-refractivity contribution in [2.45, 2.75) is 13.8 Å². The van der Waals surface area contributed by atoms with Crippen LogP contribution in [0.15, 0.2) is 12.1 Å². The fourth-order valence-corrected chi connectivity index (χ4v) is 1.10. The van der Waals surface area contributed by atoms with Gasteiger partial charge in [0.25, 0.3) is 5.78 Å². The van der Waals surface area contributed by atoms with Crippen molar-refractivity contribution < 1.29 is 19.8 Å². The zero-order chi connectivity index (χ0) is 10.9. The van der Waals surface area contributed by atoms with E-state index in [-0.39, 0.29) is 11.3 Å². The third kappa shape index (κ3) is 1.59. The monoisotopic (exact) mass is 194 g/mol. The van der Waals surface area contributed by atoms with E-state index in [9.17, 15) is 14.7 Å². The number of Topliss-reactive ketones (excluding diaryl/α,β-unsaturated/α-hetero) is 1. The van der Waals surface area contributed by atoms with E-state index in [1.54, 1.807) is 19.9 Å². The summed E-state index contributed by atoms with van der Waals surface area (Å²) in [6.07, 6.45) is 0. The lowest BCUT2D eigenvalue weighted by Gasteiger charge is -2.06. The van der Waals surface area contributed by atoms with Crippen LogP contribution in [0.25, 0.3) is 0 Å². The average Bonchev–Trinajstić information content (AvgIpc) is 2.13. The number of carbonyl (C=O) groups excluding carboxylic acids is 1. The van der Waals surface area contributed by atoms with Crippen molar-refractivity contribution in [3.05, 3.63) is 28.8 Å². The zero-order valence-corrected chi connectivity index (χ0v) is 7.87. The molecular formula is C10H10O4. The van der Waals surface area contributed by atoms with E-state index in [1.807, 2.05) is 0 Å². The van der Waals surface area contributed by atoms with Gasteiger partial charge in [-0.05, 0) is 31.0 Å². The smallest absolute Gasteiger partial charge is 0.377 e.